The van der Waals surface area contributed by atoms with Crippen molar-refractivity contribution in [2.45, 2.75) is 0 Å². The Morgan fingerprint density at radius 3 is 0.794 bits per heavy atom. The SMILES string of the molecule is O=C([O-])Oc1ccc(O)cc1.O=C([O-])Oc1ccc(O)cc1.O=C([O-])Oc1ccc(O)cc1.[Al+3]. The Balaban J connectivity index is 0.000000473. The summed E-state index contributed by atoms with van der Waals surface area (Å²) in [5, 5.41) is 55.9. The predicted octanol–water partition coefficient (Wildman–Crippen LogP) is -0.0379. The molecule has 174 valence electrons. The molecule has 0 aliphatic rings. The third-order valence-electron chi connectivity index (χ3n) is 3.11. The summed E-state index contributed by atoms with van der Waals surface area (Å²) < 4.78 is 12.5. The van der Waals surface area contributed by atoms with Crippen LogP contribution >= 0.6 is 0 Å². The van der Waals surface area contributed by atoms with Crippen molar-refractivity contribution in [1.29, 1.82) is 0 Å². The molecule has 0 unspecified atom stereocenters. The van der Waals surface area contributed by atoms with Crippen LogP contribution in [0.5, 0.6) is 34.5 Å². The van der Waals surface area contributed by atoms with E-state index in [9.17, 15) is 29.7 Å². The number of ether oxygens (including phenoxy) is 3. The van der Waals surface area contributed by atoms with Gasteiger partial charge in [-0.1, -0.05) is 0 Å². The Morgan fingerprint density at radius 1 is 0.471 bits per heavy atom. The van der Waals surface area contributed by atoms with Gasteiger partial charge in [0.15, 0.2) is 0 Å². The Labute approximate surface area is 202 Å². The van der Waals surface area contributed by atoms with Crippen LogP contribution in [0.3, 0.4) is 0 Å². The zero-order valence-corrected chi connectivity index (χ0v) is 18.2. The zero-order chi connectivity index (χ0) is 24.8. The van der Waals surface area contributed by atoms with Crippen LogP contribution in [-0.4, -0.2) is 51.1 Å². The van der Waals surface area contributed by atoms with Gasteiger partial charge in [0.1, 0.15) is 17.2 Å². The van der Waals surface area contributed by atoms with Gasteiger partial charge in [-0.05, 0) is 72.8 Å². The van der Waals surface area contributed by atoms with Crippen LogP contribution in [0.4, 0.5) is 14.4 Å². The molecule has 3 aromatic rings. The maximum Gasteiger partial charge on any atom is 3.00 e. The van der Waals surface area contributed by atoms with Crippen LogP contribution in [0.2, 0.25) is 0 Å². The van der Waals surface area contributed by atoms with Gasteiger partial charge in [-0.2, -0.15) is 0 Å². The second-order valence-electron chi connectivity index (χ2n) is 5.54. The van der Waals surface area contributed by atoms with Crippen LogP contribution in [0, 0.1) is 0 Å². The summed E-state index contributed by atoms with van der Waals surface area (Å²) in [5.74, 6) is 0.537. The minimum Gasteiger partial charge on any atom is -0.514 e. The van der Waals surface area contributed by atoms with E-state index in [4.69, 9.17) is 15.3 Å². The number of hydrogen-bond acceptors (Lipinski definition) is 12. The maximum atomic E-state index is 9.86. The second-order valence-corrected chi connectivity index (χ2v) is 5.54. The molecule has 0 saturated heterocycles. The number of aromatic hydroxyl groups is 3. The number of phenols is 3. The maximum absolute atomic E-state index is 9.86. The summed E-state index contributed by atoms with van der Waals surface area (Å²) in [4.78, 5) is 29.6. The third kappa shape index (κ3) is 13.7. The topological polar surface area (TPSA) is 209 Å². The van der Waals surface area contributed by atoms with Crippen molar-refractivity contribution in [1.82, 2.24) is 0 Å². The number of carboxylic acid groups (broad SMARTS) is 3. The Hall–Kier alpha value is -4.60. The molecule has 0 bridgehead atoms. The minimum absolute atomic E-state index is 0. The second kappa shape index (κ2) is 15.2. The van der Waals surface area contributed by atoms with Crippen molar-refractivity contribution < 1.29 is 59.2 Å². The molecule has 0 amide bonds. The van der Waals surface area contributed by atoms with Crippen LogP contribution in [0.25, 0.3) is 0 Å². The predicted molar refractivity (Wildman–Crippen MR) is 108 cm³/mol. The van der Waals surface area contributed by atoms with Gasteiger partial charge in [0.05, 0.1) is 17.2 Å². The van der Waals surface area contributed by atoms with Gasteiger partial charge in [0.25, 0.3) is 18.5 Å². The number of hydrogen-bond donors (Lipinski definition) is 3. The molecule has 34 heavy (non-hydrogen) atoms. The molecule has 0 aliphatic carbocycles. The van der Waals surface area contributed by atoms with Gasteiger partial charge in [-0.3, -0.25) is 0 Å². The Morgan fingerprint density at radius 2 is 0.647 bits per heavy atom. The molecular formula is C21H15AlO12. The average Bonchev–Trinajstić information content (AvgIpc) is 2.73. The molecule has 0 saturated carbocycles. The summed E-state index contributed by atoms with van der Waals surface area (Å²) in [6.45, 7) is 0. The summed E-state index contributed by atoms with van der Waals surface area (Å²) in [7, 11) is 0. The van der Waals surface area contributed by atoms with Crippen LogP contribution in [-0.2, 0) is 0 Å². The molecule has 0 heterocycles. The molecule has 0 aromatic heterocycles. The van der Waals surface area contributed by atoms with Gasteiger partial charge in [-0.25, -0.2) is 0 Å². The van der Waals surface area contributed by atoms with Crippen molar-refractivity contribution in [3.63, 3.8) is 0 Å². The molecule has 3 aromatic carbocycles. The Kier molecular flexibility index (Phi) is 13.2. The summed E-state index contributed by atoms with van der Waals surface area (Å²) in [6, 6.07) is 15.9. The molecule has 3 rings (SSSR count). The van der Waals surface area contributed by atoms with E-state index in [-0.39, 0.29) is 51.9 Å². The molecule has 0 fully saturated rings. The molecule has 13 heteroatoms. The fourth-order valence-electron chi connectivity index (χ4n) is 1.83. The van der Waals surface area contributed by atoms with Crippen molar-refractivity contribution in [2.75, 3.05) is 0 Å². The van der Waals surface area contributed by atoms with Crippen molar-refractivity contribution in [3.05, 3.63) is 72.8 Å². The van der Waals surface area contributed by atoms with E-state index in [0.29, 0.717) is 0 Å². The first kappa shape index (κ1) is 29.4. The van der Waals surface area contributed by atoms with E-state index >= 15 is 0 Å². The van der Waals surface area contributed by atoms with E-state index < -0.39 is 18.5 Å². The fraction of sp³-hybridized carbons (Fsp3) is 0. The van der Waals surface area contributed by atoms with Gasteiger partial charge >= 0.3 is 17.4 Å². The van der Waals surface area contributed by atoms with Crippen LogP contribution in [0.1, 0.15) is 0 Å². The summed E-state index contributed by atoms with van der Waals surface area (Å²) in [5.41, 5.74) is 0. The van der Waals surface area contributed by atoms with Gasteiger partial charge in [-0.15, -0.1) is 0 Å². The van der Waals surface area contributed by atoms with Crippen molar-refractivity contribution in [2.24, 2.45) is 0 Å². The molecular weight excluding hydrogens is 471 g/mol. The fourth-order valence-corrected chi connectivity index (χ4v) is 1.83. The number of carbonyl (C=O) groups excluding carboxylic acids is 3. The van der Waals surface area contributed by atoms with Crippen molar-refractivity contribution >= 4 is 35.8 Å². The normalized spacial score (nSPS) is 8.82. The first-order chi connectivity index (χ1) is 15.5. The minimum atomic E-state index is -1.62. The molecule has 3 N–H and O–H groups in total. The van der Waals surface area contributed by atoms with E-state index in [1.807, 2.05) is 0 Å². The van der Waals surface area contributed by atoms with E-state index in [2.05, 4.69) is 14.2 Å². The van der Waals surface area contributed by atoms with Gasteiger partial charge in [0, 0.05) is 0 Å². The van der Waals surface area contributed by atoms with E-state index in [0.717, 1.165) is 0 Å². The van der Waals surface area contributed by atoms with E-state index in [1.54, 1.807) is 0 Å². The molecule has 12 nitrogen and oxygen atoms in total. The molecule has 0 aliphatic heterocycles. The monoisotopic (exact) mass is 486 g/mol. The van der Waals surface area contributed by atoms with Gasteiger partial charge < -0.3 is 59.2 Å². The average molecular weight is 486 g/mol. The smallest absolute Gasteiger partial charge is 0.514 e. The Bertz CT molecular complexity index is 898. The van der Waals surface area contributed by atoms with Crippen molar-refractivity contribution in [3.8, 4) is 34.5 Å². The quantitative estimate of drug-likeness (QED) is 0.253. The van der Waals surface area contributed by atoms with Gasteiger partial charge in [0.2, 0.25) is 0 Å². The number of carbonyl (C=O) groups is 3. The largest absolute Gasteiger partial charge is 3.00 e. The molecule has 0 radical (unpaired) electrons. The third-order valence-corrected chi connectivity index (χ3v) is 3.11. The number of benzene rings is 3. The standard InChI is InChI=1S/3C7H6O4.Al/c3*8-5-1-3-6(4-2-5)11-7(9)10;/h3*1-4,8H,(H,9,10);/q;;;+3/p-3. The first-order valence-corrected chi connectivity index (χ1v) is 8.58. The summed E-state index contributed by atoms with van der Waals surface area (Å²) >= 11 is 0. The number of phenolic OH excluding ortho intramolecular Hbond substituents is 3. The molecule has 0 atom stereocenters. The molecule has 0 spiro atoms. The van der Waals surface area contributed by atoms with E-state index in [1.165, 1.54) is 72.8 Å². The first-order valence-electron chi connectivity index (χ1n) is 8.58. The number of rotatable bonds is 3. The zero-order valence-electron chi connectivity index (χ0n) is 17.0. The van der Waals surface area contributed by atoms with Crippen LogP contribution in [0.15, 0.2) is 72.8 Å². The van der Waals surface area contributed by atoms with Crippen LogP contribution < -0.4 is 29.5 Å². The summed E-state index contributed by atoms with van der Waals surface area (Å²) in [6.07, 6.45) is -4.85.